The van der Waals surface area contributed by atoms with E-state index in [9.17, 15) is 25.0 Å². The van der Waals surface area contributed by atoms with Crippen LogP contribution in [0.4, 0.5) is 16.5 Å². The van der Waals surface area contributed by atoms with Crippen molar-refractivity contribution >= 4 is 55.6 Å². The van der Waals surface area contributed by atoms with Gasteiger partial charge in [-0.05, 0) is 24.6 Å². The molecule has 11 heteroatoms. The maximum atomic E-state index is 12.4. The Balaban J connectivity index is 1.95. The van der Waals surface area contributed by atoms with Crippen LogP contribution in [0.2, 0.25) is 5.02 Å². The molecular weight excluding hydrogens is 384 g/mol. The number of fused-ring (bicyclic) bond motifs is 1. The van der Waals surface area contributed by atoms with E-state index in [1.54, 1.807) is 6.07 Å². The first-order valence-corrected chi connectivity index (χ1v) is 8.26. The van der Waals surface area contributed by atoms with Crippen molar-refractivity contribution in [1.82, 2.24) is 4.98 Å². The zero-order valence-corrected chi connectivity index (χ0v) is 14.6. The monoisotopic (exact) mass is 392 g/mol. The molecule has 132 valence electrons. The fraction of sp³-hybridized carbons (Fsp3) is 0.0667. The fourth-order valence-corrected chi connectivity index (χ4v) is 3.31. The molecule has 0 unspecified atom stereocenters. The number of halogens is 1. The number of hydrogen-bond acceptors (Lipinski definition) is 7. The molecule has 1 heterocycles. The second-order valence-corrected chi connectivity index (χ2v) is 6.73. The number of nitrogens with one attached hydrogen (secondary N) is 1. The van der Waals surface area contributed by atoms with Crippen molar-refractivity contribution in [3.8, 4) is 0 Å². The molecule has 0 spiro atoms. The van der Waals surface area contributed by atoms with Crippen LogP contribution in [0.25, 0.3) is 10.2 Å². The van der Waals surface area contributed by atoms with Crippen LogP contribution in [0.1, 0.15) is 15.9 Å². The number of carbonyl (C=O) groups excluding carboxylic acids is 1. The maximum absolute atomic E-state index is 12.4. The van der Waals surface area contributed by atoms with Gasteiger partial charge in [0.25, 0.3) is 17.3 Å². The molecule has 3 rings (SSSR count). The third-order valence-corrected chi connectivity index (χ3v) is 4.82. The molecule has 0 aliphatic rings. The molecule has 0 atom stereocenters. The summed E-state index contributed by atoms with van der Waals surface area (Å²) in [6, 6.07) is 6.21. The van der Waals surface area contributed by atoms with Crippen LogP contribution < -0.4 is 5.32 Å². The first-order valence-electron chi connectivity index (χ1n) is 7.06. The zero-order valence-electron chi connectivity index (χ0n) is 13.1. The molecule has 0 saturated carbocycles. The second kappa shape index (κ2) is 6.65. The number of nitrogens with zero attached hydrogens (tertiary/aromatic N) is 3. The Kier molecular flexibility index (Phi) is 4.53. The first-order chi connectivity index (χ1) is 12.2. The Bertz CT molecular complexity index is 1010. The number of hydrogen-bond donors (Lipinski definition) is 1. The van der Waals surface area contributed by atoms with Gasteiger partial charge in [-0.1, -0.05) is 22.9 Å². The normalized spacial score (nSPS) is 10.7. The summed E-state index contributed by atoms with van der Waals surface area (Å²) in [6.07, 6.45) is 0. The van der Waals surface area contributed by atoms with Crippen molar-refractivity contribution in [2.24, 2.45) is 0 Å². The number of carbonyl (C=O) groups is 1. The summed E-state index contributed by atoms with van der Waals surface area (Å²) >= 11 is 7.24. The number of thiazole rings is 1. The standard InChI is InChI=1S/C15H9ClN4O5S/c1-7-2-13-12(6-11(7)16)17-15(26-13)18-14(21)8-3-9(19(22)23)5-10(4-8)20(24)25/h2-6H,1H3,(H,17,18,21). The molecule has 0 radical (unpaired) electrons. The zero-order chi connectivity index (χ0) is 19.0. The van der Waals surface area contributed by atoms with Crippen LogP contribution in [0.5, 0.6) is 0 Å². The summed E-state index contributed by atoms with van der Waals surface area (Å²) in [5.41, 5.74) is 0.146. The minimum Gasteiger partial charge on any atom is -0.298 e. The highest BCUT2D eigenvalue weighted by Gasteiger charge is 2.20. The largest absolute Gasteiger partial charge is 0.298 e. The Morgan fingerprint density at radius 2 is 1.73 bits per heavy atom. The molecule has 26 heavy (non-hydrogen) atoms. The lowest BCUT2D eigenvalue weighted by molar-refractivity contribution is -0.394. The molecule has 0 saturated heterocycles. The van der Waals surface area contributed by atoms with E-state index < -0.39 is 27.1 Å². The Morgan fingerprint density at radius 1 is 1.12 bits per heavy atom. The highest BCUT2D eigenvalue weighted by molar-refractivity contribution is 7.22. The number of nitro benzene ring substituents is 2. The first kappa shape index (κ1) is 17.7. The minimum atomic E-state index is -0.799. The predicted octanol–water partition coefficient (Wildman–Crippen LogP) is 4.33. The van der Waals surface area contributed by atoms with Crippen molar-refractivity contribution in [3.63, 3.8) is 0 Å². The topological polar surface area (TPSA) is 128 Å². The average Bonchev–Trinajstić information content (AvgIpc) is 2.95. The second-order valence-electron chi connectivity index (χ2n) is 5.29. The van der Waals surface area contributed by atoms with Crippen LogP contribution >= 0.6 is 22.9 Å². The van der Waals surface area contributed by atoms with Crippen LogP contribution in [-0.2, 0) is 0 Å². The number of anilines is 1. The quantitative estimate of drug-likeness (QED) is 0.519. The maximum Gasteiger partial charge on any atom is 0.277 e. The van der Waals surface area contributed by atoms with Gasteiger partial charge in [0.2, 0.25) is 0 Å². The van der Waals surface area contributed by atoms with E-state index >= 15 is 0 Å². The molecule has 9 nitrogen and oxygen atoms in total. The minimum absolute atomic E-state index is 0.209. The lowest BCUT2D eigenvalue weighted by Gasteiger charge is -2.02. The van der Waals surface area contributed by atoms with E-state index in [2.05, 4.69) is 10.3 Å². The predicted molar refractivity (Wildman–Crippen MR) is 97.1 cm³/mol. The summed E-state index contributed by atoms with van der Waals surface area (Å²) in [5.74, 6) is -0.737. The van der Waals surface area contributed by atoms with E-state index in [0.717, 1.165) is 28.5 Å². The molecule has 1 amide bonds. The van der Waals surface area contributed by atoms with Crippen LogP contribution in [-0.4, -0.2) is 20.7 Å². The van der Waals surface area contributed by atoms with Gasteiger partial charge in [-0.15, -0.1) is 0 Å². The molecule has 2 aromatic carbocycles. The van der Waals surface area contributed by atoms with Gasteiger partial charge in [0.05, 0.1) is 31.7 Å². The SMILES string of the molecule is Cc1cc2sc(NC(=O)c3cc([N+](=O)[O-])cc([N+](=O)[O-])c3)nc2cc1Cl. The number of nitro groups is 2. The van der Waals surface area contributed by atoms with Crippen molar-refractivity contribution < 1.29 is 14.6 Å². The van der Waals surface area contributed by atoms with Gasteiger partial charge >= 0.3 is 0 Å². The molecule has 0 aliphatic heterocycles. The summed E-state index contributed by atoms with van der Waals surface area (Å²) < 4.78 is 0.798. The molecule has 0 fully saturated rings. The number of benzene rings is 2. The van der Waals surface area contributed by atoms with Gasteiger partial charge in [0.1, 0.15) is 0 Å². The highest BCUT2D eigenvalue weighted by Crippen LogP contribution is 2.31. The molecule has 0 aliphatic carbocycles. The van der Waals surface area contributed by atoms with E-state index in [0.29, 0.717) is 10.5 Å². The van der Waals surface area contributed by atoms with Gasteiger partial charge in [0.15, 0.2) is 5.13 Å². The number of non-ortho nitro benzene ring substituents is 2. The number of aryl methyl sites for hydroxylation is 1. The molecular formula is C15H9ClN4O5S. The molecule has 1 N–H and O–H groups in total. The third kappa shape index (κ3) is 3.46. The Hall–Kier alpha value is -3.11. The van der Waals surface area contributed by atoms with Crippen LogP contribution in [0.3, 0.4) is 0 Å². The Morgan fingerprint density at radius 3 is 2.31 bits per heavy atom. The highest BCUT2D eigenvalue weighted by atomic mass is 35.5. The summed E-state index contributed by atoms with van der Waals surface area (Å²) in [4.78, 5) is 36.8. The van der Waals surface area contributed by atoms with E-state index in [4.69, 9.17) is 11.6 Å². The van der Waals surface area contributed by atoms with Gasteiger partial charge < -0.3 is 0 Å². The fourth-order valence-electron chi connectivity index (χ4n) is 2.21. The van der Waals surface area contributed by atoms with Crippen molar-refractivity contribution in [3.05, 3.63) is 66.7 Å². The number of rotatable bonds is 4. The summed E-state index contributed by atoms with van der Waals surface area (Å²) in [6.45, 7) is 1.84. The van der Waals surface area contributed by atoms with Gasteiger partial charge in [-0.2, -0.15) is 0 Å². The van der Waals surface area contributed by atoms with Gasteiger partial charge in [-0.25, -0.2) is 4.98 Å². The lowest BCUT2D eigenvalue weighted by Crippen LogP contribution is -2.12. The summed E-state index contributed by atoms with van der Waals surface area (Å²) in [5, 5.41) is 25.1. The van der Waals surface area contributed by atoms with Gasteiger partial charge in [0, 0.05) is 17.2 Å². The Labute approximate surface area is 154 Å². The van der Waals surface area contributed by atoms with Crippen molar-refractivity contribution in [1.29, 1.82) is 0 Å². The third-order valence-electron chi connectivity index (χ3n) is 3.48. The van der Waals surface area contributed by atoms with E-state index in [1.165, 1.54) is 11.3 Å². The summed E-state index contributed by atoms with van der Waals surface area (Å²) in [7, 11) is 0. The molecule has 1 aromatic heterocycles. The van der Waals surface area contributed by atoms with E-state index in [1.807, 2.05) is 13.0 Å². The van der Waals surface area contributed by atoms with Gasteiger partial charge in [-0.3, -0.25) is 30.3 Å². The van der Waals surface area contributed by atoms with Crippen molar-refractivity contribution in [2.45, 2.75) is 6.92 Å². The van der Waals surface area contributed by atoms with Crippen LogP contribution in [0.15, 0.2) is 30.3 Å². The smallest absolute Gasteiger partial charge is 0.277 e. The average molecular weight is 393 g/mol. The van der Waals surface area contributed by atoms with E-state index in [-0.39, 0.29) is 10.7 Å². The van der Waals surface area contributed by atoms with Crippen molar-refractivity contribution in [2.75, 3.05) is 5.32 Å². The number of amides is 1. The lowest BCUT2D eigenvalue weighted by atomic mass is 10.1. The van der Waals surface area contributed by atoms with Crippen LogP contribution in [0, 0.1) is 27.2 Å². The molecule has 0 bridgehead atoms. The number of aromatic nitrogens is 1. The molecule has 3 aromatic rings.